The van der Waals surface area contributed by atoms with Gasteiger partial charge in [-0.2, -0.15) is 5.10 Å². The molecule has 0 fully saturated rings. The summed E-state index contributed by atoms with van der Waals surface area (Å²) < 4.78 is 1.90. The van der Waals surface area contributed by atoms with Gasteiger partial charge in [-0.25, -0.2) is 0 Å². The van der Waals surface area contributed by atoms with Gasteiger partial charge in [0.2, 0.25) is 0 Å². The number of aromatic nitrogens is 2. The molecular formula is C13H24N2O. The van der Waals surface area contributed by atoms with Crippen molar-refractivity contribution in [2.45, 2.75) is 65.5 Å². The summed E-state index contributed by atoms with van der Waals surface area (Å²) in [5, 5.41) is 14.4. The van der Waals surface area contributed by atoms with E-state index in [1.807, 2.05) is 17.7 Å². The molecule has 1 heterocycles. The third-order valence-corrected chi connectivity index (χ3v) is 2.91. The van der Waals surface area contributed by atoms with Gasteiger partial charge in [0.1, 0.15) is 0 Å². The zero-order valence-corrected chi connectivity index (χ0v) is 10.7. The predicted molar refractivity (Wildman–Crippen MR) is 66.4 cm³/mol. The molecular weight excluding hydrogens is 200 g/mol. The van der Waals surface area contributed by atoms with E-state index in [1.165, 1.54) is 19.3 Å². The molecule has 1 unspecified atom stereocenters. The molecule has 0 aliphatic rings. The fourth-order valence-corrected chi connectivity index (χ4v) is 2.00. The molecule has 0 saturated carbocycles. The predicted octanol–water partition coefficient (Wildman–Crippen LogP) is 3.22. The zero-order valence-electron chi connectivity index (χ0n) is 10.7. The molecule has 0 radical (unpaired) electrons. The van der Waals surface area contributed by atoms with Crippen LogP contribution in [0.25, 0.3) is 0 Å². The van der Waals surface area contributed by atoms with Crippen molar-refractivity contribution in [2.24, 2.45) is 0 Å². The number of nitrogens with zero attached hydrogens (tertiary/aromatic N) is 2. The average molecular weight is 224 g/mol. The molecule has 1 rings (SSSR count). The van der Waals surface area contributed by atoms with E-state index >= 15 is 0 Å². The van der Waals surface area contributed by atoms with Crippen LogP contribution in [0, 0.1) is 6.92 Å². The van der Waals surface area contributed by atoms with Crippen molar-refractivity contribution in [3.05, 3.63) is 17.5 Å². The Morgan fingerprint density at radius 3 is 2.69 bits per heavy atom. The first-order chi connectivity index (χ1) is 7.69. The summed E-state index contributed by atoms with van der Waals surface area (Å²) in [4.78, 5) is 0. The number of hydrogen-bond acceptors (Lipinski definition) is 2. The van der Waals surface area contributed by atoms with Crippen LogP contribution < -0.4 is 0 Å². The summed E-state index contributed by atoms with van der Waals surface area (Å²) in [6.07, 6.45) is 5.32. The number of aryl methyl sites for hydroxylation is 2. The molecule has 0 aromatic carbocycles. The van der Waals surface area contributed by atoms with Gasteiger partial charge < -0.3 is 5.11 Å². The maximum atomic E-state index is 10.1. The Kier molecular flexibility index (Phi) is 5.53. The number of hydrogen-bond donors (Lipinski definition) is 1. The monoisotopic (exact) mass is 224 g/mol. The SMILES string of the molecule is CCCCCCC(O)c1cc(C)nn1CC. The fourth-order valence-electron chi connectivity index (χ4n) is 2.00. The van der Waals surface area contributed by atoms with Crippen LogP contribution in [-0.2, 0) is 6.54 Å². The fraction of sp³-hybridized carbons (Fsp3) is 0.769. The molecule has 0 amide bonds. The summed E-state index contributed by atoms with van der Waals surface area (Å²) in [6.45, 7) is 7.06. The highest BCUT2D eigenvalue weighted by Gasteiger charge is 2.13. The van der Waals surface area contributed by atoms with Gasteiger partial charge in [-0.3, -0.25) is 4.68 Å². The Hall–Kier alpha value is -0.830. The van der Waals surface area contributed by atoms with Gasteiger partial charge >= 0.3 is 0 Å². The molecule has 92 valence electrons. The van der Waals surface area contributed by atoms with E-state index in [1.54, 1.807) is 0 Å². The highest BCUT2D eigenvalue weighted by atomic mass is 16.3. The van der Waals surface area contributed by atoms with Crippen LogP contribution in [0.1, 0.15) is 63.4 Å². The molecule has 0 bridgehead atoms. The molecule has 1 aromatic heterocycles. The lowest BCUT2D eigenvalue weighted by Gasteiger charge is -2.11. The van der Waals surface area contributed by atoms with Gasteiger partial charge in [0, 0.05) is 6.54 Å². The lowest BCUT2D eigenvalue weighted by atomic mass is 10.1. The van der Waals surface area contributed by atoms with Crippen molar-refractivity contribution in [3.63, 3.8) is 0 Å². The Morgan fingerprint density at radius 1 is 1.31 bits per heavy atom. The molecule has 0 aliphatic heterocycles. The van der Waals surface area contributed by atoms with Gasteiger partial charge in [0.15, 0.2) is 0 Å². The van der Waals surface area contributed by atoms with Gasteiger partial charge in [-0.15, -0.1) is 0 Å². The van der Waals surface area contributed by atoms with Crippen molar-refractivity contribution < 1.29 is 5.11 Å². The second-order valence-electron chi connectivity index (χ2n) is 4.39. The van der Waals surface area contributed by atoms with E-state index in [-0.39, 0.29) is 6.10 Å². The maximum absolute atomic E-state index is 10.1. The standard InChI is InChI=1S/C13H24N2O/c1-4-6-7-8-9-13(16)12-10-11(3)14-15(12)5-2/h10,13,16H,4-9H2,1-3H3. The maximum Gasteiger partial charge on any atom is 0.0956 e. The Bertz CT molecular complexity index is 307. The highest BCUT2D eigenvalue weighted by Crippen LogP contribution is 2.20. The molecule has 3 heteroatoms. The van der Waals surface area contributed by atoms with Gasteiger partial charge in [-0.1, -0.05) is 32.6 Å². The van der Waals surface area contributed by atoms with E-state index in [9.17, 15) is 5.11 Å². The first-order valence-corrected chi connectivity index (χ1v) is 6.41. The van der Waals surface area contributed by atoms with Crippen molar-refractivity contribution in [1.82, 2.24) is 9.78 Å². The van der Waals surface area contributed by atoms with Crippen molar-refractivity contribution in [2.75, 3.05) is 0 Å². The van der Waals surface area contributed by atoms with Gasteiger partial charge in [-0.05, 0) is 26.3 Å². The summed E-state index contributed by atoms with van der Waals surface area (Å²) in [5.41, 5.74) is 1.96. The van der Waals surface area contributed by atoms with Crippen molar-refractivity contribution in [3.8, 4) is 0 Å². The normalized spacial score (nSPS) is 13.0. The van der Waals surface area contributed by atoms with Crippen LogP contribution in [0.3, 0.4) is 0 Å². The molecule has 1 atom stereocenters. The van der Waals surface area contributed by atoms with Crippen LogP contribution in [0.4, 0.5) is 0 Å². The molecule has 0 saturated heterocycles. The largest absolute Gasteiger partial charge is 0.387 e. The smallest absolute Gasteiger partial charge is 0.0956 e. The molecule has 0 spiro atoms. The molecule has 1 aromatic rings. The Morgan fingerprint density at radius 2 is 2.06 bits per heavy atom. The van der Waals surface area contributed by atoms with Crippen molar-refractivity contribution in [1.29, 1.82) is 0 Å². The van der Waals surface area contributed by atoms with Crippen LogP contribution in [0.2, 0.25) is 0 Å². The quantitative estimate of drug-likeness (QED) is 0.722. The number of aliphatic hydroxyl groups excluding tert-OH is 1. The Balaban J connectivity index is 2.48. The third kappa shape index (κ3) is 3.63. The van der Waals surface area contributed by atoms with E-state index in [4.69, 9.17) is 0 Å². The average Bonchev–Trinajstić information content (AvgIpc) is 2.65. The summed E-state index contributed by atoms with van der Waals surface area (Å²) in [5.74, 6) is 0. The summed E-state index contributed by atoms with van der Waals surface area (Å²) in [6, 6.07) is 1.99. The van der Waals surface area contributed by atoms with E-state index in [2.05, 4.69) is 18.9 Å². The van der Waals surface area contributed by atoms with Crippen LogP contribution in [0.5, 0.6) is 0 Å². The minimum Gasteiger partial charge on any atom is -0.387 e. The topological polar surface area (TPSA) is 38.1 Å². The van der Waals surface area contributed by atoms with E-state index < -0.39 is 0 Å². The molecule has 0 aliphatic carbocycles. The minimum atomic E-state index is -0.349. The van der Waals surface area contributed by atoms with Crippen LogP contribution in [-0.4, -0.2) is 14.9 Å². The zero-order chi connectivity index (χ0) is 12.0. The summed E-state index contributed by atoms with van der Waals surface area (Å²) in [7, 11) is 0. The molecule has 1 N–H and O–H groups in total. The second kappa shape index (κ2) is 6.69. The highest BCUT2D eigenvalue weighted by molar-refractivity contribution is 5.11. The van der Waals surface area contributed by atoms with Crippen molar-refractivity contribution >= 4 is 0 Å². The first kappa shape index (κ1) is 13.2. The minimum absolute atomic E-state index is 0.349. The third-order valence-electron chi connectivity index (χ3n) is 2.91. The number of unbranched alkanes of at least 4 members (excludes halogenated alkanes) is 3. The molecule has 16 heavy (non-hydrogen) atoms. The van der Waals surface area contributed by atoms with Gasteiger partial charge in [0.25, 0.3) is 0 Å². The van der Waals surface area contributed by atoms with Gasteiger partial charge in [0.05, 0.1) is 17.5 Å². The lowest BCUT2D eigenvalue weighted by Crippen LogP contribution is -2.07. The lowest BCUT2D eigenvalue weighted by molar-refractivity contribution is 0.152. The Labute approximate surface area is 98.5 Å². The van der Waals surface area contributed by atoms with Crippen LogP contribution in [0.15, 0.2) is 6.07 Å². The second-order valence-corrected chi connectivity index (χ2v) is 4.39. The molecule has 3 nitrogen and oxygen atoms in total. The number of rotatable bonds is 7. The van der Waals surface area contributed by atoms with Crippen LogP contribution >= 0.6 is 0 Å². The number of aliphatic hydroxyl groups is 1. The van der Waals surface area contributed by atoms with E-state index in [0.29, 0.717) is 0 Å². The van der Waals surface area contributed by atoms with E-state index in [0.717, 1.165) is 30.8 Å². The first-order valence-electron chi connectivity index (χ1n) is 6.41. The summed E-state index contributed by atoms with van der Waals surface area (Å²) >= 11 is 0.